The van der Waals surface area contributed by atoms with Gasteiger partial charge in [0.05, 0.1) is 18.9 Å². The molecule has 2 unspecified atom stereocenters. The maximum Gasteiger partial charge on any atom is 0.148 e. The van der Waals surface area contributed by atoms with Crippen molar-refractivity contribution in [2.24, 2.45) is 4.99 Å². The fourth-order valence-corrected chi connectivity index (χ4v) is 3.67. The van der Waals surface area contributed by atoms with Crippen LogP contribution in [0.15, 0.2) is 77.8 Å². The summed E-state index contributed by atoms with van der Waals surface area (Å²) in [7, 11) is 1.66. The van der Waals surface area contributed by atoms with Gasteiger partial charge in [-0.3, -0.25) is 4.99 Å². The molecule has 0 spiro atoms. The molecule has 4 rings (SSSR count). The summed E-state index contributed by atoms with van der Waals surface area (Å²) in [4.78, 5) is 7.36. The maximum absolute atomic E-state index is 13.4. The number of halogens is 1. The highest BCUT2D eigenvalue weighted by Gasteiger charge is 2.35. The third kappa shape index (κ3) is 3.38. The van der Waals surface area contributed by atoms with Crippen molar-refractivity contribution in [3.63, 3.8) is 0 Å². The van der Waals surface area contributed by atoms with E-state index in [1.165, 1.54) is 17.7 Å². The fraction of sp³-hybridized carbons (Fsp3) is 0.208. The Kier molecular flexibility index (Phi) is 4.86. The number of rotatable bonds is 4. The zero-order chi connectivity index (χ0) is 19.7. The minimum atomic E-state index is -0.239. The van der Waals surface area contributed by atoms with Gasteiger partial charge in [-0.05, 0) is 61.4 Å². The van der Waals surface area contributed by atoms with Gasteiger partial charge in [0, 0.05) is 5.69 Å². The maximum atomic E-state index is 13.4. The first kappa shape index (κ1) is 18.2. The number of hydrogen-bond acceptors (Lipinski definition) is 3. The predicted octanol–water partition coefficient (Wildman–Crippen LogP) is 5.54. The number of aryl methyl sites for hydroxylation is 1. The summed E-state index contributed by atoms with van der Waals surface area (Å²) in [5.74, 6) is 0.580. The lowest BCUT2D eigenvalue weighted by molar-refractivity contribution is 0.414. The number of ether oxygens (including phenoxy) is 1. The molecule has 0 fully saturated rings. The monoisotopic (exact) mass is 374 g/mol. The molecule has 28 heavy (non-hydrogen) atoms. The summed E-state index contributed by atoms with van der Waals surface area (Å²) in [6, 6.07) is 23.1. The molecule has 1 aliphatic heterocycles. The van der Waals surface area contributed by atoms with Crippen LogP contribution in [0, 0.1) is 12.7 Å². The third-order valence-corrected chi connectivity index (χ3v) is 5.22. The van der Waals surface area contributed by atoms with Crippen LogP contribution in [-0.2, 0) is 0 Å². The molecule has 0 saturated heterocycles. The Hall–Kier alpha value is -3.14. The van der Waals surface area contributed by atoms with Crippen molar-refractivity contribution >= 4 is 11.4 Å². The average molecular weight is 374 g/mol. The van der Waals surface area contributed by atoms with Crippen LogP contribution in [0.3, 0.4) is 0 Å². The van der Waals surface area contributed by atoms with Crippen molar-refractivity contribution in [2.75, 3.05) is 12.0 Å². The molecule has 0 amide bonds. The molecule has 1 heterocycles. The molecule has 3 aromatic rings. The van der Waals surface area contributed by atoms with Gasteiger partial charge in [-0.2, -0.15) is 0 Å². The first-order valence-corrected chi connectivity index (χ1v) is 9.39. The summed E-state index contributed by atoms with van der Waals surface area (Å²) >= 11 is 0. The molecule has 4 heteroatoms. The van der Waals surface area contributed by atoms with E-state index in [9.17, 15) is 4.39 Å². The molecular weight excluding hydrogens is 351 g/mol. The molecule has 2 atom stereocenters. The normalized spacial score (nSPS) is 18.9. The number of methoxy groups -OCH3 is 1. The third-order valence-electron chi connectivity index (χ3n) is 5.22. The van der Waals surface area contributed by atoms with Gasteiger partial charge in [0.1, 0.15) is 17.7 Å². The van der Waals surface area contributed by atoms with Gasteiger partial charge in [-0.1, -0.05) is 42.0 Å². The van der Waals surface area contributed by atoms with Gasteiger partial charge in [0.15, 0.2) is 0 Å². The van der Waals surface area contributed by atoms with Crippen LogP contribution in [0.5, 0.6) is 5.75 Å². The van der Waals surface area contributed by atoms with Crippen LogP contribution in [0.25, 0.3) is 0 Å². The van der Waals surface area contributed by atoms with E-state index in [0.717, 1.165) is 28.3 Å². The molecule has 3 nitrogen and oxygen atoms in total. The van der Waals surface area contributed by atoms with E-state index in [1.807, 2.05) is 12.1 Å². The zero-order valence-electron chi connectivity index (χ0n) is 16.3. The molecule has 0 radical (unpaired) electrons. The summed E-state index contributed by atoms with van der Waals surface area (Å²) < 4.78 is 18.7. The van der Waals surface area contributed by atoms with Crippen LogP contribution in [0.2, 0.25) is 0 Å². The average Bonchev–Trinajstić information content (AvgIpc) is 3.06. The lowest BCUT2D eigenvalue weighted by atomic mass is 10.0. The Balaban J connectivity index is 1.78. The largest absolute Gasteiger partial charge is 0.497 e. The van der Waals surface area contributed by atoms with Crippen molar-refractivity contribution in [1.82, 2.24) is 0 Å². The molecule has 1 aliphatic rings. The van der Waals surface area contributed by atoms with Crippen LogP contribution >= 0.6 is 0 Å². The van der Waals surface area contributed by atoms with E-state index < -0.39 is 0 Å². The Morgan fingerprint density at radius 3 is 2.14 bits per heavy atom. The second-order valence-electron chi connectivity index (χ2n) is 7.09. The van der Waals surface area contributed by atoms with Gasteiger partial charge < -0.3 is 9.64 Å². The number of anilines is 1. The van der Waals surface area contributed by atoms with Crippen LogP contribution in [-0.4, -0.2) is 18.9 Å². The molecule has 0 aliphatic carbocycles. The van der Waals surface area contributed by atoms with Gasteiger partial charge >= 0.3 is 0 Å². The number of nitrogens with zero attached hydrogens (tertiary/aromatic N) is 2. The predicted molar refractivity (Wildman–Crippen MR) is 112 cm³/mol. The molecule has 0 saturated carbocycles. The highest BCUT2D eigenvalue weighted by Crippen LogP contribution is 2.37. The molecule has 142 valence electrons. The van der Waals surface area contributed by atoms with E-state index in [-0.39, 0.29) is 18.0 Å². The van der Waals surface area contributed by atoms with Crippen molar-refractivity contribution in [2.45, 2.75) is 26.1 Å². The smallest absolute Gasteiger partial charge is 0.148 e. The van der Waals surface area contributed by atoms with Crippen LogP contribution < -0.4 is 9.64 Å². The van der Waals surface area contributed by atoms with E-state index in [2.05, 4.69) is 55.1 Å². The Morgan fingerprint density at radius 2 is 1.54 bits per heavy atom. The minimum Gasteiger partial charge on any atom is -0.497 e. The second kappa shape index (κ2) is 7.47. The first-order valence-electron chi connectivity index (χ1n) is 9.39. The standard InChI is InChI=1S/C24H23FN2O/c1-16-4-12-21(13-5-16)27-17(2)23(18-6-10-20(25)11-7-18)26-24(27)19-8-14-22(28-3)15-9-19/h4-15,17,24H,1-3H3. The Labute approximate surface area is 165 Å². The lowest BCUT2D eigenvalue weighted by Crippen LogP contribution is -2.35. The van der Waals surface area contributed by atoms with E-state index in [0.29, 0.717) is 0 Å². The molecule has 0 bridgehead atoms. The van der Waals surface area contributed by atoms with Gasteiger partial charge in [0.25, 0.3) is 0 Å². The van der Waals surface area contributed by atoms with Crippen molar-refractivity contribution in [1.29, 1.82) is 0 Å². The zero-order valence-corrected chi connectivity index (χ0v) is 16.3. The van der Waals surface area contributed by atoms with E-state index in [1.54, 1.807) is 19.2 Å². The molecule has 3 aromatic carbocycles. The molecular formula is C24H23FN2O. The quantitative estimate of drug-likeness (QED) is 0.599. The number of benzene rings is 3. The summed E-state index contributed by atoms with van der Waals surface area (Å²) in [5, 5.41) is 0. The van der Waals surface area contributed by atoms with Gasteiger partial charge in [-0.15, -0.1) is 0 Å². The summed E-state index contributed by atoms with van der Waals surface area (Å²) in [6.07, 6.45) is -0.149. The van der Waals surface area contributed by atoms with Crippen molar-refractivity contribution in [3.8, 4) is 5.75 Å². The fourth-order valence-electron chi connectivity index (χ4n) is 3.67. The lowest BCUT2D eigenvalue weighted by Gasteiger charge is -2.30. The topological polar surface area (TPSA) is 24.8 Å². The van der Waals surface area contributed by atoms with Crippen molar-refractivity contribution < 1.29 is 9.13 Å². The summed E-state index contributed by atoms with van der Waals surface area (Å²) in [5.41, 5.74) is 5.32. The Bertz CT molecular complexity index is 979. The summed E-state index contributed by atoms with van der Waals surface area (Å²) in [6.45, 7) is 4.23. The molecule has 0 N–H and O–H groups in total. The number of aliphatic imine (C=N–C) groups is 1. The van der Waals surface area contributed by atoms with Gasteiger partial charge in [-0.25, -0.2) is 4.39 Å². The highest BCUT2D eigenvalue weighted by atomic mass is 19.1. The Morgan fingerprint density at radius 1 is 0.893 bits per heavy atom. The van der Waals surface area contributed by atoms with E-state index in [4.69, 9.17) is 9.73 Å². The van der Waals surface area contributed by atoms with Crippen LogP contribution in [0.1, 0.15) is 29.8 Å². The minimum absolute atomic E-state index is 0.0558. The van der Waals surface area contributed by atoms with Crippen molar-refractivity contribution in [3.05, 3.63) is 95.3 Å². The van der Waals surface area contributed by atoms with Gasteiger partial charge in [0.2, 0.25) is 0 Å². The first-order chi connectivity index (χ1) is 13.6. The highest BCUT2D eigenvalue weighted by molar-refractivity contribution is 6.07. The molecule has 0 aromatic heterocycles. The van der Waals surface area contributed by atoms with E-state index >= 15 is 0 Å². The number of hydrogen-bond donors (Lipinski definition) is 0. The second-order valence-corrected chi connectivity index (χ2v) is 7.09. The van der Waals surface area contributed by atoms with Crippen LogP contribution in [0.4, 0.5) is 10.1 Å². The SMILES string of the molecule is COc1ccc(C2N=C(c3ccc(F)cc3)C(C)N2c2ccc(C)cc2)cc1.